The van der Waals surface area contributed by atoms with E-state index in [2.05, 4.69) is 20.6 Å². The van der Waals surface area contributed by atoms with Crippen molar-refractivity contribution in [3.63, 3.8) is 0 Å². The van der Waals surface area contributed by atoms with E-state index in [4.69, 9.17) is 11.5 Å². The normalized spacial score (nSPS) is 13.1. The van der Waals surface area contributed by atoms with Gasteiger partial charge in [-0.2, -0.15) is 0 Å². The summed E-state index contributed by atoms with van der Waals surface area (Å²) in [6, 6.07) is 1.74. The quantitative estimate of drug-likeness (QED) is 0.561. The van der Waals surface area contributed by atoms with Crippen LogP contribution in [0.4, 0.5) is 26.1 Å². The topological polar surface area (TPSA) is 119 Å². The molecule has 2 aromatic rings. The molecule has 146 valence electrons. The Hall–Kier alpha value is -2.81. The molecule has 0 spiro atoms. The first-order chi connectivity index (χ1) is 12.7. The Morgan fingerprint density at radius 3 is 2.52 bits per heavy atom. The molecule has 2 rings (SSSR count). The monoisotopic (exact) mass is 378 g/mol. The van der Waals surface area contributed by atoms with Gasteiger partial charge in [0, 0.05) is 18.2 Å². The van der Waals surface area contributed by atoms with Crippen molar-refractivity contribution in [2.45, 2.75) is 45.7 Å². The average molecular weight is 378 g/mol. The number of pyridine rings is 2. The molecule has 0 aliphatic heterocycles. The molecule has 0 unspecified atom stereocenters. The molecule has 27 heavy (non-hydrogen) atoms. The number of nitrogens with zero attached hydrogens (tertiary/aromatic N) is 2. The maximum atomic E-state index is 14.4. The van der Waals surface area contributed by atoms with Crippen LogP contribution in [0.15, 0.2) is 18.3 Å². The molecule has 0 saturated heterocycles. The summed E-state index contributed by atoms with van der Waals surface area (Å²) in [6.07, 6.45) is 2.94. The van der Waals surface area contributed by atoms with E-state index in [0.717, 1.165) is 12.5 Å². The number of hydrogen-bond donors (Lipinski definition) is 4. The van der Waals surface area contributed by atoms with Crippen molar-refractivity contribution in [2.24, 2.45) is 11.5 Å². The summed E-state index contributed by atoms with van der Waals surface area (Å²) in [5, 5.41) is 5.74. The minimum absolute atomic E-state index is 0.00336. The first kappa shape index (κ1) is 20.5. The molecule has 0 bridgehead atoms. The summed E-state index contributed by atoms with van der Waals surface area (Å²) in [6.45, 7) is 5.32. The molecule has 0 fully saturated rings. The van der Waals surface area contributed by atoms with Crippen LogP contribution in [0.5, 0.6) is 0 Å². The molecular formula is C18H24F2N6O. The van der Waals surface area contributed by atoms with Gasteiger partial charge in [-0.25, -0.2) is 13.8 Å². The van der Waals surface area contributed by atoms with Gasteiger partial charge in [0.05, 0.1) is 23.1 Å². The lowest BCUT2D eigenvalue weighted by atomic mass is 10.1. The predicted octanol–water partition coefficient (Wildman–Crippen LogP) is 2.83. The Morgan fingerprint density at radius 2 is 1.96 bits per heavy atom. The predicted molar refractivity (Wildman–Crippen MR) is 101 cm³/mol. The third-order valence-corrected chi connectivity index (χ3v) is 4.09. The highest BCUT2D eigenvalue weighted by molar-refractivity contribution is 5.98. The zero-order valence-corrected chi connectivity index (χ0v) is 15.5. The van der Waals surface area contributed by atoms with Crippen LogP contribution < -0.4 is 22.1 Å². The molecule has 0 aliphatic rings. The van der Waals surface area contributed by atoms with Gasteiger partial charge in [-0.05, 0) is 26.3 Å². The van der Waals surface area contributed by atoms with Gasteiger partial charge in [0.15, 0.2) is 11.6 Å². The number of aromatic nitrogens is 2. The molecular weight excluding hydrogens is 354 g/mol. The van der Waals surface area contributed by atoms with Gasteiger partial charge in [-0.1, -0.05) is 13.3 Å². The van der Waals surface area contributed by atoms with Crippen molar-refractivity contribution >= 4 is 23.2 Å². The summed E-state index contributed by atoms with van der Waals surface area (Å²) in [5.41, 5.74) is 11.6. The average Bonchev–Trinajstić information content (AvgIpc) is 2.59. The second kappa shape index (κ2) is 8.72. The van der Waals surface area contributed by atoms with Gasteiger partial charge < -0.3 is 22.1 Å². The molecule has 2 heterocycles. The van der Waals surface area contributed by atoms with Crippen LogP contribution in [0.25, 0.3) is 0 Å². The van der Waals surface area contributed by atoms with Crippen molar-refractivity contribution in [1.82, 2.24) is 9.97 Å². The summed E-state index contributed by atoms with van der Waals surface area (Å²) < 4.78 is 28.2. The van der Waals surface area contributed by atoms with Crippen LogP contribution in [0.3, 0.4) is 0 Å². The maximum absolute atomic E-state index is 14.4. The highest BCUT2D eigenvalue weighted by Gasteiger charge is 2.20. The fourth-order valence-corrected chi connectivity index (χ4v) is 2.54. The summed E-state index contributed by atoms with van der Waals surface area (Å²) in [4.78, 5) is 19.7. The van der Waals surface area contributed by atoms with E-state index in [1.165, 1.54) is 19.2 Å². The van der Waals surface area contributed by atoms with E-state index < -0.39 is 17.5 Å². The van der Waals surface area contributed by atoms with Gasteiger partial charge >= 0.3 is 0 Å². The van der Waals surface area contributed by atoms with Crippen LogP contribution >= 0.6 is 0 Å². The van der Waals surface area contributed by atoms with Gasteiger partial charge in [-0.15, -0.1) is 0 Å². The number of hydrogen-bond acceptors (Lipinski definition) is 6. The van der Waals surface area contributed by atoms with Gasteiger partial charge in [0.2, 0.25) is 0 Å². The number of primary amides is 1. The largest absolute Gasteiger partial charge is 0.365 e. The molecule has 9 heteroatoms. The lowest BCUT2D eigenvalue weighted by Gasteiger charge is -2.23. The van der Waals surface area contributed by atoms with Crippen molar-refractivity contribution in [1.29, 1.82) is 0 Å². The van der Waals surface area contributed by atoms with E-state index in [1.54, 1.807) is 0 Å². The van der Waals surface area contributed by atoms with Crippen LogP contribution in [-0.2, 0) is 0 Å². The minimum Gasteiger partial charge on any atom is -0.365 e. The van der Waals surface area contributed by atoms with Crippen molar-refractivity contribution in [2.75, 3.05) is 10.6 Å². The number of anilines is 3. The van der Waals surface area contributed by atoms with Gasteiger partial charge in [0.25, 0.3) is 5.91 Å². The Labute approximate surface area is 156 Å². The number of amides is 1. The number of nitrogens with one attached hydrogen (secondary N) is 2. The SMILES string of the molecule is CCC[C@@H](Nc1nc(Nc2cnc(C)c(F)c2)c(C(N)=O)cc1F)[C@H](C)N. The molecule has 6 N–H and O–H groups in total. The fourth-order valence-electron chi connectivity index (χ4n) is 2.54. The molecule has 1 amide bonds. The van der Waals surface area contributed by atoms with Crippen LogP contribution in [0.2, 0.25) is 0 Å². The molecule has 0 aromatic carbocycles. The van der Waals surface area contributed by atoms with E-state index in [0.29, 0.717) is 6.42 Å². The molecule has 2 atom stereocenters. The molecule has 0 radical (unpaired) electrons. The highest BCUT2D eigenvalue weighted by atomic mass is 19.1. The van der Waals surface area contributed by atoms with E-state index >= 15 is 0 Å². The van der Waals surface area contributed by atoms with Crippen LogP contribution in [0, 0.1) is 18.6 Å². The second-order valence-electron chi connectivity index (χ2n) is 6.39. The summed E-state index contributed by atoms with van der Waals surface area (Å²) >= 11 is 0. The third kappa shape index (κ3) is 5.10. The Bertz CT molecular complexity index is 828. The summed E-state index contributed by atoms with van der Waals surface area (Å²) in [7, 11) is 0. The number of rotatable bonds is 8. The highest BCUT2D eigenvalue weighted by Crippen LogP contribution is 2.25. The fraction of sp³-hybridized carbons (Fsp3) is 0.389. The first-order valence-electron chi connectivity index (χ1n) is 8.64. The molecule has 7 nitrogen and oxygen atoms in total. The van der Waals surface area contributed by atoms with E-state index in [9.17, 15) is 13.6 Å². The molecule has 0 aliphatic carbocycles. The van der Waals surface area contributed by atoms with Gasteiger partial charge in [-0.3, -0.25) is 9.78 Å². The minimum atomic E-state index is -0.867. The van der Waals surface area contributed by atoms with E-state index in [1.807, 2.05) is 13.8 Å². The Kier molecular flexibility index (Phi) is 6.62. The van der Waals surface area contributed by atoms with Crippen molar-refractivity contribution in [3.8, 4) is 0 Å². The second-order valence-corrected chi connectivity index (χ2v) is 6.39. The smallest absolute Gasteiger partial charge is 0.252 e. The van der Waals surface area contributed by atoms with Crippen LogP contribution in [0.1, 0.15) is 42.7 Å². The van der Waals surface area contributed by atoms with E-state index in [-0.39, 0.29) is 40.7 Å². The lowest BCUT2D eigenvalue weighted by Crippen LogP contribution is -2.38. The number of carbonyl (C=O) groups excluding carboxylic acids is 1. The first-order valence-corrected chi connectivity index (χ1v) is 8.64. The van der Waals surface area contributed by atoms with Gasteiger partial charge in [0.1, 0.15) is 11.6 Å². The number of aryl methyl sites for hydroxylation is 1. The Balaban J connectivity index is 2.41. The lowest BCUT2D eigenvalue weighted by molar-refractivity contribution is 0.100. The Morgan fingerprint density at radius 1 is 1.26 bits per heavy atom. The zero-order valence-electron chi connectivity index (χ0n) is 15.5. The molecule has 0 saturated carbocycles. The number of nitrogens with two attached hydrogens (primary N) is 2. The van der Waals surface area contributed by atoms with Crippen molar-refractivity contribution < 1.29 is 13.6 Å². The summed E-state index contributed by atoms with van der Waals surface area (Å²) in [5.74, 6) is -2.20. The van der Waals surface area contributed by atoms with Crippen LogP contribution in [-0.4, -0.2) is 28.0 Å². The number of halogens is 2. The number of carbonyl (C=O) groups is 1. The zero-order chi connectivity index (χ0) is 20.1. The maximum Gasteiger partial charge on any atom is 0.252 e. The third-order valence-electron chi connectivity index (χ3n) is 4.09. The van der Waals surface area contributed by atoms with Crippen molar-refractivity contribution in [3.05, 3.63) is 41.2 Å². The molecule has 2 aromatic heterocycles. The standard InChI is InChI=1S/C18H24F2N6O/c1-4-5-15(9(2)21)25-18-14(20)7-12(16(22)27)17(26-18)24-11-6-13(19)10(3)23-8-11/h6-9,15H,4-5,21H2,1-3H3,(H2,22,27)(H2,24,25,26)/t9-,15+/m0/s1.